The molecule has 5 heteroatoms. The van der Waals surface area contributed by atoms with Crippen molar-refractivity contribution < 1.29 is 9.90 Å². The zero-order chi connectivity index (χ0) is 9.30. The Kier molecular flexibility index (Phi) is 3.31. The molecule has 3 nitrogen and oxygen atoms in total. The van der Waals surface area contributed by atoms with E-state index in [2.05, 4.69) is 0 Å². The molecule has 1 saturated heterocycles. The van der Waals surface area contributed by atoms with Gasteiger partial charge in [0.15, 0.2) is 0 Å². The standard InChI is InChI=1S/C7H13NO2S2/c1-8-6(9)4(11-2)5(12-3)7(8)10/h4-6,9H,1-3H3. The molecule has 70 valence electrons. The minimum Gasteiger partial charge on any atom is -0.372 e. The van der Waals surface area contributed by atoms with E-state index in [-0.39, 0.29) is 16.4 Å². The molecule has 0 bridgehead atoms. The molecule has 1 aliphatic heterocycles. The molecule has 0 saturated carbocycles. The largest absolute Gasteiger partial charge is 0.372 e. The smallest absolute Gasteiger partial charge is 0.238 e. The van der Waals surface area contributed by atoms with Crippen molar-refractivity contribution in [2.75, 3.05) is 19.6 Å². The minimum atomic E-state index is -0.620. The number of thioether (sulfide) groups is 2. The van der Waals surface area contributed by atoms with Crippen LogP contribution >= 0.6 is 23.5 Å². The molecule has 1 rings (SSSR count). The fraction of sp³-hybridized carbons (Fsp3) is 0.857. The van der Waals surface area contributed by atoms with Gasteiger partial charge in [-0.25, -0.2) is 0 Å². The van der Waals surface area contributed by atoms with E-state index < -0.39 is 6.23 Å². The molecule has 3 unspecified atom stereocenters. The molecule has 0 spiro atoms. The van der Waals surface area contributed by atoms with Gasteiger partial charge in [-0.3, -0.25) is 4.79 Å². The van der Waals surface area contributed by atoms with Crippen LogP contribution in [0.5, 0.6) is 0 Å². The van der Waals surface area contributed by atoms with E-state index in [1.165, 1.54) is 16.7 Å². The summed E-state index contributed by atoms with van der Waals surface area (Å²) < 4.78 is 0. The van der Waals surface area contributed by atoms with Gasteiger partial charge in [-0.05, 0) is 12.5 Å². The Morgan fingerprint density at radius 2 is 2.00 bits per heavy atom. The van der Waals surface area contributed by atoms with Crippen molar-refractivity contribution in [3.8, 4) is 0 Å². The minimum absolute atomic E-state index is 0.0116. The number of amides is 1. The lowest BCUT2D eigenvalue weighted by Gasteiger charge is -2.17. The molecule has 1 N–H and O–H groups in total. The Morgan fingerprint density at radius 1 is 1.42 bits per heavy atom. The Labute approximate surface area is 80.9 Å². The molecular formula is C7H13NO2S2. The first kappa shape index (κ1) is 10.2. The van der Waals surface area contributed by atoms with Crippen LogP contribution in [0, 0.1) is 0 Å². The van der Waals surface area contributed by atoms with Crippen molar-refractivity contribution in [3.05, 3.63) is 0 Å². The first-order chi connectivity index (χ1) is 5.63. The molecule has 0 aliphatic carbocycles. The van der Waals surface area contributed by atoms with Crippen LogP contribution in [0.1, 0.15) is 0 Å². The quantitative estimate of drug-likeness (QED) is 0.704. The van der Waals surface area contributed by atoms with Crippen LogP contribution in [0.4, 0.5) is 0 Å². The number of carbonyl (C=O) groups is 1. The number of rotatable bonds is 2. The Balaban J connectivity index is 2.79. The zero-order valence-corrected chi connectivity index (χ0v) is 8.98. The number of likely N-dealkylation sites (tertiary alicyclic amines) is 1. The van der Waals surface area contributed by atoms with E-state index in [0.717, 1.165) is 0 Å². The third-order valence-electron chi connectivity index (χ3n) is 2.11. The van der Waals surface area contributed by atoms with Crippen LogP contribution < -0.4 is 0 Å². The van der Waals surface area contributed by atoms with E-state index in [9.17, 15) is 9.90 Å². The molecule has 1 fully saturated rings. The first-order valence-electron chi connectivity index (χ1n) is 3.63. The summed E-state index contributed by atoms with van der Waals surface area (Å²) in [6.45, 7) is 0. The number of nitrogens with zero attached hydrogens (tertiary/aromatic N) is 1. The molecule has 0 aromatic heterocycles. The highest BCUT2D eigenvalue weighted by atomic mass is 32.2. The van der Waals surface area contributed by atoms with Gasteiger partial charge in [-0.1, -0.05) is 0 Å². The predicted molar refractivity (Wildman–Crippen MR) is 53.4 cm³/mol. The molecule has 1 aliphatic rings. The van der Waals surface area contributed by atoms with Crippen LogP contribution in [0.25, 0.3) is 0 Å². The third-order valence-corrected chi connectivity index (χ3v) is 4.34. The Morgan fingerprint density at radius 3 is 2.33 bits per heavy atom. The fourth-order valence-electron chi connectivity index (χ4n) is 1.33. The molecule has 0 radical (unpaired) electrons. The molecule has 1 heterocycles. The summed E-state index contributed by atoms with van der Waals surface area (Å²) in [5, 5.41) is 9.53. The van der Waals surface area contributed by atoms with Gasteiger partial charge in [0.05, 0.1) is 10.5 Å². The summed E-state index contributed by atoms with van der Waals surface area (Å²) in [5.74, 6) is 0.0364. The number of aliphatic hydroxyl groups is 1. The van der Waals surface area contributed by atoms with Crippen LogP contribution in [0.3, 0.4) is 0 Å². The van der Waals surface area contributed by atoms with Gasteiger partial charge >= 0.3 is 0 Å². The number of hydrogen-bond acceptors (Lipinski definition) is 4. The van der Waals surface area contributed by atoms with Crippen LogP contribution in [0.2, 0.25) is 0 Å². The monoisotopic (exact) mass is 207 g/mol. The lowest BCUT2D eigenvalue weighted by Crippen LogP contribution is -2.31. The maximum Gasteiger partial charge on any atom is 0.238 e. The summed E-state index contributed by atoms with van der Waals surface area (Å²) in [6, 6.07) is 0. The van der Waals surface area contributed by atoms with Gasteiger partial charge in [0.1, 0.15) is 6.23 Å². The molecule has 12 heavy (non-hydrogen) atoms. The van der Waals surface area contributed by atoms with E-state index in [0.29, 0.717) is 0 Å². The second-order valence-corrected chi connectivity index (χ2v) is 4.71. The van der Waals surface area contributed by atoms with Crippen molar-refractivity contribution in [3.63, 3.8) is 0 Å². The van der Waals surface area contributed by atoms with Gasteiger partial charge in [0, 0.05) is 7.05 Å². The predicted octanol–water partition coefficient (Wildman–Crippen LogP) is 0.240. The van der Waals surface area contributed by atoms with E-state index in [1.807, 2.05) is 12.5 Å². The van der Waals surface area contributed by atoms with Gasteiger partial charge in [-0.2, -0.15) is 23.5 Å². The number of carbonyl (C=O) groups excluding carboxylic acids is 1. The van der Waals surface area contributed by atoms with E-state index in [1.54, 1.807) is 18.8 Å². The summed E-state index contributed by atoms with van der Waals surface area (Å²) >= 11 is 3.06. The highest BCUT2D eigenvalue weighted by Crippen LogP contribution is 2.32. The summed E-state index contributed by atoms with van der Waals surface area (Å²) in [7, 11) is 1.65. The molecule has 3 atom stereocenters. The number of hydrogen-bond donors (Lipinski definition) is 1. The highest BCUT2D eigenvalue weighted by Gasteiger charge is 2.44. The van der Waals surface area contributed by atoms with Gasteiger partial charge in [0.25, 0.3) is 0 Å². The summed E-state index contributed by atoms with van der Waals surface area (Å²) in [4.78, 5) is 12.9. The topological polar surface area (TPSA) is 40.5 Å². The van der Waals surface area contributed by atoms with Crippen LogP contribution in [-0.2, 0) is 4.79 Å². The molecular weight excluding hydrogens is 194 g/mol. The third kappa shape index (κ3) is 1.45. The van der Waals surface area contributed by atoms with Crippen LogP contribution in [0.15, 0.2) is 0 Å². The molecule has 0 aromatic carbocycles. The lowest BCUT2D eigenvalue weighted by atomic mass is 10.3. The van der Waals surface area contributed by atoms with Crippen molar-refractivity contribution >= 4 is 29.4 Å². The van der Waals surface area contributed by atoms with Crippen molar-refractivity contribution in [2.24, 2.45) is 0 Å². The maximum absolute atomic E-state index is 11.4. The zero-order valence-electron chi connectivity index (χ0n) is 7.35. The second kappa shape index (κ2) is 3.89. The van der Waals surface area contributed by atoms with Crippen molar-refractivity contribution in [1.29, 1.82) is 0 Å². The van der Waals surface area contributed by atoms with Gasteiger partial charge < -0.3 is 10.0 Å². The summed E-state index contributed by atoms with van der Waals surface area (Å²) in [5.41, 5.74) is 0. The summed E-state index contributed by atoms with van der Waals surface area (Å²) in [6.07, 6.45) is 3.20. The van der Waals surface area contributed by atoms with Gasteiger partial charge in [0.2, 0.25) is 5.91 Å². The lowest BCUT2D eigenvalue weighted by molar-refractivity contribution is -0.130. The Bertz CT molecular complexity index is 188. The van der Waals surface area contributed by atoms with E-state index >= 15 is 0 Å². The molecule has 0 aromatic rings. The number of aliphatic hydroxyl groups excluding tert-OH is 1. The molecule has 1 amide bonds. The van der Waals surface area contributed by atoms with E-state index in [4.69, 9.17) is 0 Å². The van der Waals surface area contributed by atoms with Crippen molar-refractivity contribution in [2.45, 2.75) is 16.7 Å². The van der Waals surface area contributed by atoms with Crippen molar-refractivity contribution in [1.82, 2.24) is 4.90 Å². The Hall–Kier alpha value is 0.130. The van der Waals surface area contributed by atoms with Gasteiger partial charge in [-0.15, -0.1) is 0 Å². The maximum atomic E-state index is 11.4. The first-order valence-corrected chi connectivity index (χ1v) is 6.21. The SMILES string of the molecule is CSC1C(=O)N(C)C(O)C1SC. The average molecular weight is 207 g/mol. The average Bonchev–Trinajstić information content (AvgIpc) is 2.29. The van der Waals surface area contributed by atoms with Crippen LogP contribution in [-0.4, -0.2) is 52.2 Å². The normalized spacial score (nSPS) is 36.2. The highest BCUT2D eigenvalue weighted by molar-refractivity contribution is 8.03. The second-order valence-electron chi connectivity index (χ2n) is 2.72. The fourth-order valence-corrected chi connectivity index (χ4v) is 3.56.